The van der Waals surface area contributed by atoms with Crippen LogP contribution in [0.1, 0.15) is 19.8 Å². The van der Waals surface area contributed by atoms with Crippen LogP contribution in [0.25, 0.3) is 0 Å². The molecule has 0 aliphatic heterocycles. The third-order valence-corrected chi connectivity index (χ3v) is 1.81. The predicted molar refractivity (Wildman–Crippen MR) is 47.8 cm³/mol. The summed E-state index contributed by atoms with van der Waals surface area (Å²) < 4.78 is 52.6. The van der Waals surface area contributed by atoms with Crippen molar-refractivity contribution in [2.75, 3.05) is 13.2 Å². The lowest BCUT2D eigenvalue weighted by atomic mass is 10.2. The van der Waals surface area contributed by atoms with Crippen LogP contribution in [0, 0.1) is 0 Å². The van der Waals surface area contributed by atoms with Crippen molar-refractivity contribution in [2.24, 2.45) is 5.84 Å². The van der Waals surface area contributed by atoms with E-state index in [2.05, 4.69) is 10.2 Å². The first-order valence-corrected chi connectivity index (χ1v) is 4.63. The molecule has 3 nitrogen and oxygen atoms in total. The largest absolute Gasteiger partial charge is 0.373 e. The fourth-order valence-electron chi connectivity index (χ4n) is 0.963. The molecule has 92 valence electrons. The molecule has 15 heavy (non-hydrogen) atoms. The van der Waals surface area contributed by atoms with E-state index in [4.69, 9.17) is 5.84 Å². The van der Waals surface area contributed by atoms with Crippen molar-refractivity contribution < 1.29 is 22.3 Å². The molecule has 0 bridgehead atoms. The fourth-order valence-corrected chi connectivity index (χ4v) is 0.963. The normalized spacial score (nSPS) is 14.6. The Balaban J connectivity index is 3.76. The number of rotatable bonds is 8. The minimum Gasteiger partial charge on any atom is -0.373 e. The molecule has 0 radical (unpaired) electrons. The molecule has 0 aliphatic carbocycles. The molecule has 0 aromatic carbocycles. The van der Waals surface area contributed by atoms with Gasteiger partial charge in [0.15, 0.2) is 0 Å². The van der Waals surface area contributed by atoms with Gasteiger partial charge in [0, 0.05) is 6.04 Å². The molecule has 3 N–H and O–H groups in total. The van der Waals surface area contributed by atoms with Crippen LogP contribution in [-0.4, -0.2) is 31.6 Å². The number of hydrazine groups is 1. The molecule has 1 atom stereocenters. The Kier molecular flexibility index (Phi) is 6.78. The van der Waals surface area contributed by atoms with Gasteiger partial charge in [0.2, 0.25) is 0 Å². The molecule has 0 aromatic heterocycles. The van der Waals surface area contributed by atoms with Gasteiger partial charge >= 0.3 is 12.3 Å². The van der Waals surface area contributed by atoms with E-state index in [0.717, 1.165) is 6.42 Å². The van der Waals surface area contributed by atoms with Gasteiger partial charge in [0.1, 0.15) is 6.61 Å². The van der Waals surface area contributed by atoms with Gasteiger partial charge < -0.3 is 4.74 Å². The maximum Gasteiger partial charge on any atom is 0.330 e. The second kappa shape index (κ2) is 6.97. The van der Waals surface area contributed by atoms with Crippen molar-refractivity contribution in [3.63, 3.8) is 0 Å². The Morgan fingerprint density at radius 2 is 2.00 bits per heavy atom. The predicted octanol–water partition coefficient (Wildman–Crippen LogP) is 1.54. The molecule has 0 fully saturated rings. The van der Waals surface area contributed by atoms with Crippen molar-refractivity contribution in [3.05, 3.63) is 0 Å². The minimum atomic E-state index is -4.09. The van der Waals surface area contributed by atoms with Gasteiger partial charge in [0.25, 0.3) is 0 Å². The standard InChI is InChI=1S/C8H16F4N2O/c1-2-3-6(14-13)4-15-5-8(11,12)7(9)10/h6-7,14H,2-5,13H2,1H3. The number of alkyl halides is 4. The Hall–Kier alpha value is -0.400. The maximum absolute atomic E-state index is 12.4. The quantitative estimate of drug-likeness (QED) is 0.379. The van der Waals surface area contributed by atoms with Gasteiger partial charge in [-0.15, -0.1) is 0 Å². The van der Waals surface area contributed by atoms with Crippen LogP contribution in [0.5, 0.6) is 0 Å². The molecule has 0 aliphatic rings. The van der Waals surface area contributed by atoms with Gasteiger partial charge in [0.05, 0.1) is 6.61 Å². The second-order valence-corrected chi connectivity index (χ2v) is 3.23. The van der Waals surface area contributed by atoms with Gasteiger partial charge in [-0.25, -0.2) is 8.78 Å². The van der Waals surface area contributed by atoms with Gasteiger partial charge in [-0.05, 0) is 6.42 Å². The van der Waals surface area contributed by atoms with Crippen molar-refractivity contribution >= 4 is 0 Å². The summed E-state index contributed by atoms with van der Waals surface area (Å²) in [6.07, 6.45) is -2.27. The number of hydrogen-bond donors (Lipinski definition) is 2. The molecule has 0 saturated carbocycles. The fraction of sp³-hybridized carbons (Fsp3) is 1.00. The zero-order valence-corrected chi connectivity index (χ0v) is 8.48. The molecular formula is C8H16F4N2O. The minimum absolute atomic E-state index is 0.105. The molecule has 7 heteroatoms. The zero-order valence-electron chi connectivity index (χ0n) is 8.48. The van der Waals surface area contributed by atoms with E-state index in [1.54, 1.807) is 0 Å². The van der Waals surface area contributed by atoms with Crippen LogP contribution in [-0.2, 0) is 4.74 Å². The van der Waals surface area contributed by atoms with E-state index < -0.39 is 19.0 Å². The first-order chi connectivity index (χ1) is 6.94. The molecule has 0 amide bonds. The monoisotopic (exact) mass is 232 g/mol. The summed E-state index contributed by atoms with van der Waals surface area (Å²) in [4.78, 5) is 0. The van der Waals surface area contributed by atoms with Crippen molar-refractivity contribution in [2.45, 2.75) is 38.2 Å². The third-order valence-electron chi connectivity index (χ3n) is 1.81. The van der Waals surface area contributed by atoms with Crippen molar-refractivity contribution in [3.8, 4) is 0 Å². The van der Waals surface area contributed by atoms with Crippen LogP contribution >= 0.6 is 0 Å². The summed E-state index contributed by atoms with van der Waals surface area (Å²) >= 11 is 0. The van der Waals surface area contributed by atoms with Gasteiger partial charge in [-0.3, -0.25) is 11.3 Å². The van der Waals surface area contributed by atoms with Crippen LogP contribution in [0.15, 0.2) is 0 Å². The lowest BCUT2D eigenvalue weighted by molar-refractivity contribution is -0.167. The average molecular weight is 232 g/mol. The average Bonchev–Trinajstić information content (AvgIpc) is 2.16. The lowest BCUT2D eigenvalue weighted by Gasteiger charge is -2.18. The Bertz CT molecular complexity index is 169. The molecule has 0 rings (SSSR count). The van der Waals surface area contributed by atoms with Crippen molar-refractivity contribution in [1.29, 1.82) is 0 Å². The molecule has 0 spiro atoms. The zero-order chi connectivity index (χ0) is 11.9. The molecule has 1 unspecified atom stereocenters. The highest BCUT2D eigenvalue weighted by Gasteiger charge is 2.41. The SMILES string of the molecule is CCCC(COCC(F)(F)C(F)F)NN. The van der Waals surface area contributed by atoms with Crippen LogP contribution in [0.4, 0.5) is 17.6 Å². The third kappa shape index (κ3) is 5.91. The summed E-state index contributed by atoms with van der Waals surface area (Å²) in [5.41, 5.74) is 2.36. The Morgan fingerprint density at radius 3 is 2.40 bits per heavy atom. The summed E-state index contributed by atoms with van der Waals surface area (Å²) in [7, 11) is 0. The van der Waals surface area contributed by atoms with E-state index in [9.17, 15) is 17.6 Å². The maximum atomic E-state index is 12.4. The summed E-state index contributed by atoms with van der Waals surface area (Å²) in [5, 5.41) is 0. The van der Waals surface area contributed by atoms with Crippen LogP contribution in [0.2, 0.25) is 0 Å². The highest BCUT2D eigenvalue weighted by atomic mass is 19.3. The number of nitrogens with one attached hydrogen (secondary N) is 1. The first-order valence-electron chi connectivity index (χ1n) is 4.63. The van der Waals surface area contributed by atoms with Crippen LogP contribution in [0.3, 0.4) is 0 Å². The topological polar surface area (TPSA) is 47.3 Å². The number of halogens is 4. The van der Waals surface area contributed by atoms with E-state index in [1.165, 1.54) is 0 Å². The smallest absolute Gasteiger partial charge is 0.330 e. The lowest BCUT2D eigenvalue weighted by Crippen LogP contribution is -2.40. The first kappa shape index (κ1) is 14.6. The highest BCUT2D eigenvalue weighted by Crippen LogP contribution is 2.22. The van der Waals surface area contributed by atoms with Gasteiger partial charge in [-0.2, -0.15) is 8.78 Å². The number of ether oxygens (including phenoxy) is 1. The number of hydrogen-bond acceptors (Lipinski definition) is 3. The molecule has 0 saturated heterocycles. The van der Waals surface area contributed by atoms with E-state index >= 15 is 0 Å². The summed E-state index contributed by atoms with van der Waals surface area (Å²) in [6.45, 7) is 0.497. The van der Waals surface area contributed by atoms with E-state index in [-0.39, 0.29) is 12.6 Å². The molecule has 0 heterocycles. The highest BCUT2D eigenvalue weighted by molar-refractivity contribution is 4.69. The van der Waals surface area contributed by atoms with Crippen LogP contribution < -0.4 is 11.3 Å². The molecule has 0 aromatic rings. The van der Waals surface area contributed by atoms with E-state index in [0.29, 0.717) is 6.42 Å². The summed E-state index contributed by atoms with van der Waals surface area (Å²) in [6, 6.07) is -0.288. The second-order valence-electron chi connectivity index (χ2n) is 3.23. The van der Waals surface area contributed by atoms with Crippen molar-refractivity contribution in [1.82, 2.24) is 5.43 Å². The summed E-state index contributed by atoms with van der Waals surface area (Å²) in [5.74, 6) is 1.01. The number of nitrogens with two attached hydrogens (primary N) is 1. The van der Waals surface area contributed by atoms with E-state index in [1.807, 2.05) is 6.92 Å². The van der Waals surface area contributed by atoms with Gasteiger partial charge in [-0.1, -0.05) is 13.3 Å². The Morgan fingerprint density at radius 1 is 1.40 bits per heavy atom. The Labute approximate surface area is 85.9 Å². The molecular weight excluding hydrogens is 216 g/mol.